The fourth-order valence-electron chi connectivity index (χ4n) is 3.22. The maximum Gasteiger partial charge on any atom is 0.165 e. The molecule has 134 valence electrons. The van der Waals surface area contributed by atoms with E-state index in [0.717, 1.165) is 36.6 Å². The summed E-state index contributed by atoms with van der Waals surface area (Å²) < 4.78 is 65.7. The molecule has 0 aliphatic rings. The molecule has 3 aromatic rings. The molecule has 0 saturated carbocycles. The highest BCUT2D eigenvalue weighted by molar-refractivity contribution is 7.92. The lowest BCUT2D eigenvalue weighted by Crippen LogP contribution is -2.38. The van der Waals surface area contributed by atoms with Gasteiger partial charge >= 0.3 is 0 Å². The van der Waals surface area contributed by atoms with Crippen molar-refractivity contribution < 1.29 is 21.6 Å². The lowest BCUT2D eigenvalue weighted by atomic mass is 9.83. The average molecular weight is 376 g/mol. The van der Waals surface area contributed by atoms with Crippen molar-refractivity contribution in [2.24, 2.45) is 0 Å². The normalized spacial score (nSPS) is 12.2. The summed E-state index contributed by atoms with van der Waals surface area (Å²) in [5, 5.41) is 0. The Kier molecular flexibility index (Phi) is 4.63. The Bertz CT molecular complexity index is 982. The molecule has 0 aliphatic carbocycles. The summed E-state index contributed by atoms with van der Waals surface area (Å²) in [6.45, 7) is 0. The molecule has 0 bridgehead atoms. The Labute approximate surface area is 149 Å². The van der Waals surface area contributed by atoms with Gasteiger partial charge in [0.1, 0.15) is 22.2 Å². The van der Waals surface area contributed by atoms with Crippen molar-refractivity contribution in [2.75, 3.05) is 6.26 Å². The molecule has 0 unspecified atom stereocenters. The predicted molar refractivity (Wildman–Crippen MR) is 93.9 cm³/mol. The Balaban J connectivity index is 2.49. The lowest BCUT2D eigenvalue weighted by molar-refractivity contribution is 0.557. The molecule has 3 rings (SSSR count). The van der Waals surface area contributed by atoms with E-state index in [1.807, 2.05) is 0 Å². The van der Waals surface area contributed by atoms with Crippen molar-refractivity contribution in [1.82, 2.24) is 0 Å². The van der Waals surface area contributed by atoms with E-state index in [2.05, 4.69) is 0 Å². The predicted octanol–water partition coefficient (Wildman–Crippen LogP) is 4.44. The lowest BCUT2D eigenvalue weighted by Gasteiger charge is -2.34. The Morgan fingerprint density at radius 2 is 1.12 bits per heavy atom. The number of sulfone groups is 1. The molecule has 0 radical (unpaired) electrons. The molecule has 26 heavy (non-hydrogen) atoms. The molecule has 6 heteroatoms. The molecule has 0 fully saturated rings. The first-order valence-electron chi connectivity index (χ1n) is 7.73. The van der Waals surface area contributed by atoms with Gasteiger partial charge in [0, 0.05) is 11.8 Å². The largest absolute Gasteiger partial charge is 0.227 e. The molecule has 0 heterocycles. The van der Waals surface area contributed by atoms with Crippen LogP contribution in [0.5, 0.6) is 0 Å². The average Bonchev–Trinajstić information content (AvgIpc) is 2.59. The highest BCUT2D eigenvalue weighted by Crippen LogP contribution is 2.44. The Morgan fingerprint density at radius 3 is 1.50 bits per heavy atom. The quantitative estimate of drug-likeness (QED) is 0.631. The van der Waals surface area contributed by atoms with Crippen LogP contribution >= 0.6 is 0 Å². The third-order valence-corrected chi connectivity index (χ3v) is 6.11. The van der Waals surface area contributed by atoms with Crippen molar-refractivity contribution in [2.45, 2.75) is 4.75 Å². The first-order chi connectivity index (χ1) is 12.3. The van der Waals surface area contributed by atoms with Crippen molar-refractivity contribution in [1.29, 1.82) is 0 Å². The SMILES string of the molecule is CS(=O)(=O)C(c1ccc(F)cc1)(c1ccc(F)cc1)c1ccccc1F. The zero-order valence-corrected chi connectivity index (χ0v) is 14.6. The Hall–Kier alpha value is -2.60. The van der Waals surface area contributed by atoms with Crippen molar-refractivity contribution in [3.63, 3.8) is 0 Å². The van der Waals surface area contributed by atoms with Gasteiger partial charge in [0.2, 0.25) is 0 Å². The standard InChI is InChI=1S/C20H15F3O2S/c1-26(24,25)20(14-6-10-16(21)11-7-14,15-8-12-17(22)13-9-15)18-4-2-3-5-19(18)23/h2-13H,1H3. The van der Waals surface area contributed by atoms with Crippen molar-refractivity contribution >= 4 is 9.84 Å². The second-order valence-corrected chi connectivity index (χ2v) is 8.10. The van der Waals surface area contributed by atoms with Crippen molar-refractivity contribution in [3.8, 4) is 0 Å². The minimum atomic E-state index is -4.02. The molecule has 0 N–H and O–H groups in total. The third-order valence-electron chi connectivity index (χ3n) is 4.31. The van der Waals surface area contributed by atoms with Crippen LogP contribution in [0.3, 0.4) is 0 Å². The molecule has 0 atom stereocenters. The summed E-state index contributed by atoms with van der Waals surface area (Å²) in [5.74, 6) is -1.83. The van der Waals surface area contributed by atoms with Crippen LogP contribution in [0, 0.1) is 17.5 Å². The molecule has 3 aromatic carbocycles. The summed E-state index contributed by atoms with van der Waals surface area (Å²) in [6.07, 6.45) is 0.978. The van der Waals surface area contributed by atoms with Gasteiger partial charge in [-0.25, -0.2) is 21.6 Å². The zero-order valence-electron chi connectivity index (χ0n) is 13.8. The van der Waals surface area contributed by atoms with Gasteiger partial charge in [-0.3, -0.25) is 0 Å². The van der Waals surface area contributed by atoms with E-state index < -0.39 is 32.0 Å². The summed E-state index contributed by atoms with van der Waals surface area (Å²) in [7, 11) is -4.02. The summed E-state index contributed by atoms with van der Waals surface area (Å²) in [6, 6.07) is 15.1. The second-order valence-electron chi connectivity index (χ2n) is 5.95. The first kappa shape index (κ1) is 18.2. The third kappa shape index (κ3) is 2.90. The second kappa shape index (κ2) is 6.61. The van der Waals surface area contributed by atoms with Crippen LogP contribution in [0.15, 0.2) is 72.8 Å². The molecular weight excluding hydrogens is 361 g/mol. The van der Waals surface area contributed by atoms with E-state index in [1.165, 1.54) is 42.5 Å². The van der Waals surface area contributed by atoms with E-state index in [9.17, 15) is 21.6 Å². The molecular formula is C20H15F3O2S. The number of hydrogen-bond acceptors (Lipinski definition) is 2. The van der Waals surface area contributed by atoms with Gasteiger partial charge in [-0.1, -0.05) is 42.5 Å². The molecule has 0 aromatic heterocycles. The maximum atomic E-state index is 14.7. The topological polar surface area (TPSA) is 34.1 Å². The van der Waals surface area contributed by atoms with Gasteiger partial charge in [-0.05, 0) is 41.5 Å². The fraction of sp³-hybridized carbons (Fsp3) is 0.100. The van der Waals surface area contributed by atoms with E-state index in [1.54, 1.807) is 0 Å². The van der Waals surface area contributed by atoms with E-state index in [4.69, 9.17) is 0 Å². The summed E-state index contributed by atoms with van der Waals surface area (Å²) >= 11 is 0. The number of hydrogen-bond donors (Lipinski definition) is 0. The Morgan fingerprint density at radius 1 is 0.692 bits per heavy atom. The van der Waals surface area contributed by atoms with E-state index in [-0.39, 0.29) is 16.7 Å². The van der Waals surface area contributed by atoms with Crippen LogP contribution in [0.25, 0.3) is 0 Å². The molecule has 0 saturated heterocycles. The highest BCUT2D eigenvalue weighted by atomic mass is 32.2. The molecule has 2 nitrogen and oxygen atoms in total. The van der Waals surface area contributed by atoms with Crippen LogP contribution in [0.1, 0.15) is 16.7 Å². The van der Waals surface area contributed by atoms with Crippen LogP contribution < -0.4 is 0 Å². The van der Waals surface area contributed by atoms with E-state index in [0.29, 0.717) is 0 Å². The smallest absolute Gasteiger partial charge is 0.165 e. The maximum absolute atomic E-state index is 14.7. The minimum absolute atomic E-state index is 0.110. The fourth-order valence-corrected chi connectivity index (χ4v) is 4.91. The van der Waals surface area contributed by atoms with Crippen LogP contribution in [0.2, 0.25) is 0 Å². The monoisotopic (exact) mass is 376 g/mol. The molecule has 0 spiro atoms. The van der Waals surface area contributed by atoms with Gasteiger partial charge in [0.15, 0.2) is 9.84 Å². The van der Waals surface area contributed by atoms with Crippen molar-refractivity contribution in [3.05, 3.63) is 107 Å². The van der Waals surface area contributed by atoms with Gasteiger partial charge in [0.05, 0.1) is 0 Å². The van der Waals surface area contributed by atoms with Gasteiger partial charge in [-0.15, -0.1) is 0 Å². The first-order valence-corrected chi connectivity index (χ1v) is 9.62. The van der Waals surface area contributed by atoms with Gasteiger partial charge in [0.25, 0.3) is 0 Å². The number of rotatable bonds is 4. The summed E-state index contributed by atoms with van der Waals surface area (Å²) in [4.78, 5) is 0. The van der Waals surface area contributed by atoms with E-state index >= 15 is 0 Å². The number of benzene rings is 3. The van der Waals surface area contributed by atoms with Crippen LogP contribution in [-0.2, 0) is 14.6 Å². The minimum Gasteiger partial charge on any atom is -0.227 e. The summed E-state index contributed by atoms with van der Waals surface area (Å²) in [5.41, 5.74) is 0.219. The zero-order chi connectivity index (χ0) is 18.9. The highest BCUT2D eigenvalue weighted by Gasteiger charge is 2.47. The van der Waals surface area contributed by atoms with Crippen LogP contribution in [-0.4, -0.2) is 14.7 Å². The van der Waals surface area contributed by atoms with Crippen LogP contribution in [0.4, 0.5) is 13.2 Å². The number of halogens is 3. The van der Waals surface area contributed by atoms with Gasteiger partial charge < -0.3 is 0 Å². The molecule has 0 amide bonds. The molecule has 0 aliphatic heterocycles. The van der Waals surface area contributed by atoms with Gasteiger partial charge in [-0.2, -0.15) is 0 Å².